The minimum Gasteiger partial charge on any atom is -0.330 e. The van der Waals surface area contributed by atoms with Gasteiger partial charge in [-0.15, -0.1) is 0 Å². The van der Waals surface area contributed by atoms with Crippen LogP contribution in [-0.2, 0) is 6.42 Å². The molecule has 0 unspecified atom stereocenters. The molecule has 0 atom stereocenters. The molecule has 0 amide bonds. The van der Waals surface area contributed by atoms with Crippen molar-refractivity contribution in [2.24, 2.45) is 5.73 Å². The molecule has 2 aromatic rings. The number of hydrogen-bond acceptors (Lipinski definition) is 2. The molecule has 3 nitrogen and oxygen atoms in total. The molecule has 0 aliphatic carbocycles. The van der Waals surface area contributed by atoms with E-state index in [0.29, 0.717) is 11.6 Å². The summed E-state index contributed by atoms with van der Waals surface area (Å²) in [5, 5.41) is 0.650. The van der Waals surface area contributed by atoms with Gasteiger partial charge in [0.2, 0.25) is 0 Å². The Morgan fingerprint density at radius 3 is 3.00 bits per heavy atom. The molecule has 0 aliphatic heterocycles. The molecule has 2 aromatic heterocycles. The van der Waals surface area contributed by atoms with E-state index >= 15 is 0 Å². The highest BCUT2D eigenvalue weighted by Gasteiger charge is 2.10. The molecule has 0 radical (unpaired) electrons. The average Bonchev–Trinajstić information content (AvgIpc) is 2.48. The molecule has 0 bridgehead atoms. The number of rotatable bonds is 2. The maximum Gasteiger partial charge on any atom is 0.156 e. The monoisotopic (exact) mass is 273 g/mol. The number of nitrogens with two attached hydrogens (primary N) is 1. The number of halogens is 2. The largest absolute Gasteiger partial charge is 0.330 e. The molecule has 2 heterocycles. The summed E-state index contributed by atoms with van der Waals surface area (Å²) in [6, 6.07) is 3.70. The number of hydrogen-bond donors (Lipinski definition) is 1. The highest BCUT2D eigenvalue weighted by molar-refractivity contribution is 9.10. The third-order valence-corrected chi connectivity index (χ3v) is 3.13. The summed E-state index contributed by atoms with van der Waals surface area (Å²) in [5.74, 6) is 0. The van der Waals surface area contributed by atoms with Crippen molar-refractivity contribution in [3.05, 3.63) is 33.6 Å². The molecule has 0 spiro atoms. The predicted molar refractivity (Wildman–Crippen MR) is 60.7 cm³/mol. The van der Waals surface area contributed by atoms with Crippen molar-refractivity contribution in [3.8, 4) is 0 Å². The maximum absolute atomic E-state index is 6.01. The minimum absolute atomic E-state index is 0.583. The van der Waals surface area contributed by atoms with Crippen LogP contribution in [-0.4, -0.2) is 15.9 Å². The topological polar surface area (TPSA) is 43.3 Å². The van der Waals surface area contributed by atoms with E-state index in [2.05, 4.69) is 20.9 Å². The molecule has 5 heteroatoms. The van der Waals surface area contributed by atoms with Gasteiger partial charge in [0.25, 0.3) is 0 Å². The number of imidazole rings is 1. The van der Waals surface area contributed by atoms with Gasteiger partial charge in [-0.3, -0.25) is 4.40 Å². The first-order valence-electron chi connectivity index (χ1n) is 4.25. The maximum atomic E-state index is 6.01. The van der Waals surface area contributed by atoms with Gasteiger partial charge in [0.15, 0.2) is 5.65 Å². The van der Waals surface area contributed by atoms with E-state index in [9.17, 15) is 0 Å². The zero-order valence-corrected chi connectivity index (χ0v) is 9.72. The lowest BCUT2D eigenvalue weighted by molar-refractivity contribution is 0.928. The Morgan fingerprint density at radius 2 is 2.36 bits per heavy atom. The fraction of sp³-hybridized carbons (Fsp3) is 0.222. The fourth-order valence-electron chi connectivity index (χ4n) is 1.35. The molecule has 74 valence electrons. The van der Waals surface area contributed by atoms with Crippen LogP contribution in [0.5, 0.6) is 0 Å². The lowest BCUT2D eigenvalue weighted by Crippen LogP contribution is -2.03. The van der Waals surface area contributed by atoms with Gasteiger partial charge in [-0.2, -0.15) is 0 Å². The van der Waals surface area contributed by atoms with Crippen molar-refractivity contribution >= 4 is 33.2 Å². The van der Waals surface area contributed by atoms with Gasteiger partial charge >= 0.3 is 0 Å². The smallest absolute Gasteiger partial charge is 0.156 e. The van der Waals surface area contributed by atoms with E-state index in [1.165, 1.54) is 0 Å². The van der Waals surface area contributed by atoms with E-state index in [1.54, 1.807) is 0 Å². The Labute approximate surface area is 95.0 Å². The number of pyridine rings is 1. The van der Waals surface area contributed by atoms with E-state index in [1.807, 2.05) is 22.7 Å². The third kappa shape index (κ3) is 1.54. The number of nitrogens with zero attached hydrogens (tertiary/aromatic N) is 2. The van der Waals surface area contributed by atoms with Crippen LogP contribution in [0.25, 0.3) is 5.65 Å². The average molecular weight is 275 g/mol. The summed E-state index contributed by atoms with van der Waals surface area (Å²) in [6.45, 7) is 0.583. The predicted octanol–water partition coefficient (Wildman–Crippen LogP) is 2.25. The van der Waals surface area contributed by atoms with Crippen LogP contribution >= 0.6 is 27.5 Å². The first kappa shape index (κ1) is 9.96. The summed E-state index contributed by atoms with van der Waals surface area (Å²) >= 11 is 9.48. The van der Waals surface area contributed by atoms with E-state index < -0.39 is 0 Å². The number of fused-ring (bicyclic) bond motifs is 1. The molecule has 0 aromatic carbocycles. The molecular formula is C9H9BrClN3. The van der Waals surface area contributed by atoms with Gasteiger partial charge in [-0.25, -0.2) is 4.98 Å². The van der Waals surface area contributed by atoms with Crippen LogP contribution in [0.2, 0.25) is 5.02 Å². The number of aromatic nitrogens is 2. The SMILES string of the molecule is NCCc1nc2c(Cl)cccn2c1Br. The molecule has 0 saturated heterocycles. The molecule has 14 heavy (non-hydrogen) atoms. The summed E-state index contributed by atoms with van der Waals surface area (Å²) in [7, 11) is 0. The third-order valence-electron chi connectivity index (χ3n) is 1.99. The Balaban J connectivity index is 2.67. The quantitative estimate of drug-likeness (QED) is 0.913. The second-order valence-electron chi connectivity index (χ2n) is 2.94. The van der Waals surface area contributed by atoms with Crippen molar-refractivity contribution in [2.75, 3.05) is 6.54 Å². The van der Waals surface area contributed by atoms with E-state index in [0.717, 1.165) is 22.4 Å². The fourth-order valence-corrected chi connectivity index (χ4v) is 2.13. The lowest BCUT2D eigenvalue weighted by Gasteiger charge is -1.95. The van der Waals surface area contributed by atoms with Gasteiger partial charge < -0.3 is 5.73 Å². The van der Waals surface area contributed by atoms with Crippen molar-refractivity contribution in [2.45, 2.75) is 6.42 Å². The molecular weight excluding hydrogens is 265 g/mol. The Hall–Kier alpha value is -0.580. The second kappa shape index (κ2) is 3.88. The Bertz CT molecular complexity index is 466. The van der Waals surface area contributed by atoms with Crippen molar-refractivity contribution in [3.63, 3.8) is 0 Å². The lowest BCUT2D eigenvalue weighted by atomic mass is 10.3. The van der Waals surface area contributed by atoms with Crippen LogP contribution in [0.3, 0.4) is 0 Å². The van der Waals surface area contributed by atoms with Crippen molar-refractivity contribution in [1.29, 1.82) is 0 Å². The van der Waals surface area contributed by atoms with Crippen LogP contribution < -0.4 is 5.73 Å². The first-order chi connectivity index (χ1) is 6.74. The molecule has 2 N–H and O–H groups in total. The molecule has 0 saturated carbocycles. The Kier molecular flexibility index (Phi) is 2.76. The van der Waals surface area contributed by atoms with E-state index in [-0.39, 0.29) is 0 Å². The van der Waals surface area contributed by atoms with Crippen molar-refractivity contribution in [1.82, 2.24) is 9.38 Å². The van der Waals surface area contributed by atoms with E-state index in [4.69, 9.17) is 17.3 Å². The van der Waals surface area contributed by atoms with Gasteiger partial charge in [0.1, 0.15) is 4.60 Å². The summed E-state index contributed by atoms with van der Waals surface area (Å²) in [5.41, 5.74) is 7.20. The standard InChI is InChI=1S/C9H9BrClN3/c10-8-7(3-4-12)13-9-6(11)2-1-5-14(8)9/h1-2,5H,3-4,12H2. The van der Waals surface area contributed by atoms with Crippen LogP contribution in [0.4, 0.5) is 0 Å². The molecule has 0 fully saturated rings. The van der Waals surface area contributed by atoms with Crippen LogP contribution in [0.1, 0.15) is 5.69 Å². The van der Waals surface area contributed by atoms with Crippen LogP contribution in [0.15, 0.2) is 22.9 Å². The van der Waals surface area contributed by atoms with Crippen molar-refractivity contribution < 1.29 is 0 Å². The minimum atomic E-state index is 0.583. The second-order valence-corrected chi connectivity index (χ2v) is 4.10. The first-order valence-corrected chi connectivity index (χ1v) is 5.42. The highest BCUT2D eigenvalue weighted by atomic mass is 79.9. The summed E-state index contributed by atoms with van der Waals surface area (Å²) in [4.78, 5) is 4.41. The summed E-state index contributed by atoms with van der Waals surface area (Å²) < 4.78 is 2.84. The highest BCUT2D eigenvalue weighted by Crippen LogP contribution is 2.23. The van der Waals surface area contributed by atoms with Gasteiger partial charge in [0, 0.05) is 12.6 Å². The molecule has 2 rings (SSSR count). The Morgan fingerprint density at radius 1 is 1.57 bits per heavy atom. The van der Waals surface area contributed by atoms with Gasteiger partial charge in [-0.1, -0.05) is 11.6 Å². The normalized spacial score (nSPS) is 11.1. The van der Waals surface area contributed by atoms with Gasteiger partial charge in [-0.05, 0) is 34.6 Å². The molecule has 0 aliphatic rings. The zero-order valence-electron chi connectivity index (χ0n) is 7.37. The van der Waals surface area contributed by atoms with Gasteiger partial charge in [0.05, 0.1) is 10.7 Å². The zero-order chi connectivity index (χ0) is 10.1. The van der Waals surface area contributed by atoms with Crippen LogP contribution in [0, 0.1) is 0 Å². The summed E-state index contributed by atoms with van der Waals surface area (Å²) in [6.07, 6.45) is 2.66.